The second-order valence-corrected chi connectivity index (χ2v) is 2.39. The molecule has 0 saturated carbocycles. The minimum absolute atomic E-state index is 0.0955. The average Bonchev–Trinajstić information content (AvgIpc) is 2.05. The van der Waals surface area contributed by atoms with Crippen molar-refractivity contribution in [2.45, 2.75) is 12.5 Å². The van der Waals surface area contributed by atoms with Gasteiger partial charge in [0, 0.05) is 12.7 Å². The Kier molecular flexibility index (Phi) is 2.44. The zero-order valence-corrected chi connectivity index (χ0v) is 6.41. The Bertz CT molecular complexity index is 218. The Balaban J connectivity index is 2.60. The summed E-state index contributed by atoms with van der Waals surface area (Å²) in [7, 11) is 1.64. The number of rotatable bonds is 2. The summed E-state index contributed by atoms with van der Waals surface area (Å²) in [5.41, 5.74) is 5.62. The van der Waals surface area contributed by atoms with E-state index in [2.05, 4.69) is 0 Å². The van der Waals surface area contributed by atoms with Crippen LogP contribution in [0.15, 0.2) is 23.8 Å². The summed E-state index contributed by atoms with van der Waals surface area (Å²) in [5, 5.41) is 0. The van der Waals surface area contributed by atoms with Crippen LogP contribution in [0.4, 0.5) is 0 Å². The van der Waals surface area contributed by atoms with Gasteiger partial charge < -0.3 is 10.5 Å². The third kappa shape index (κ3) is 1.91. The molecule has 11 heavy (non-hydrogen) atoms. The summed E-state index contributed by atoms with van der Waals surface area (Å²) < 4.78 is 5.04. The molecule has 2 N–H and O–H groups in total. The minimum atomic E-state index is -0.379. The van der Waals surface area contributed by atoms with Gasteiger partial charge in [0.1, 0.15) is 0 Å². The topological polar surface area (TPSA) is 52.3 Å². The van der Waals surface area contributed by atoms with E-state index in [4.69, 9.17) is 10.5 Å². The molecule has 3 nitrogen and oxygen atoms in total. The molecule has 1 aliphatic carbocycles. The number of nitrogens with two attached hydrogens (primary N) is 1. The molecule has 0 aromatic heterocycles. The standard InChI is InChI=1S/C8H11NO2/c1-11-7-4-2-6(3-5-7)8(9)10/h2-4,7H,5H2,1H3,(H2,9,10). The Morgan fingerprint density at radius 2 is 2.55 bits per heavy atom. The van der Waals surface area contributed by atoms with Crippen LogP contribution < -0.4 is 5.73 Å². The number of carbonyl (C=O) groups is 1. The molecule has 1 aliphatic rings. The minimum Gasteiger partial charge on any atom is -0.377 e. The molecule has 1 atom stereocenters. The van der Waals surface area contributed by atoms with Crippen molar-refractivity contribution in [3.05, 3.63) is 23.8 Å². The quantitative estimate of drug-likeness (QED) is 0.623. The zero-order valence-electron chi connectivity index (χ0n) is 6.41. The molecular weight excluding hydrogens is 142 g/mol. The second kappa shape index (κ2) is 3.34. The van der Waals surface area contributed by atoms with Crippen LogP contribution in [0, 0.1) is 0 Å². The highest BCUT2D eigenvalue weighted by molar-refractivity contribution is 5.95. The van der Waals surface area contributed by atoms with Crippen LogP contribution in [0.3, 0.4) is 0 Å². The Morgan fingerprint density at radius 1 is 1.82 bits per heavy atom. The average molecular weight is 153 g/mol. The highest BCUT2D eigenvalue weighted by Crippen LogP contribution is 2.11. The van der Waals surface area contributed by atoms with E-state index in [9.17, 15) is 4.79 Å². The Labute approximate surface area is 65.5 Å². The number of hydrogen-bond acceptors (Lipinski definition) is 2. The third-order valence-electron chi connectivity index (χ3n) is 1.65. The third-order valence-corrected chi connectivity index (χ3v) is 1.65. The molecule has 0 aromatic rings. The summed E-state index contributed by atoms with van der Waals surface area (Å²) in [6.45, 7) is 0. The van der Waals surface area contributed by atoms with Crippen molar-refractivity contribution in [3.8, 4) is 0 Å². The van der Waals surface area contributed by atoms with E-state index in [-0.39, 0.29) is 12.0 Å². The van der Waals surface area contributed by atoms with E-state index in [0.29, 0.717) is 5.57 Å². The Morgan fingerprint density at radius 3 is 2.91 bits per heavy atom. The first-order valence-corrected chi connectivity index (χ1v) is 3.45. The lowest BCUT2D eigenvalue weighted by molar-refractivity contribution is -0.114. The molecular formula is C8H11NO2. The van der Waals surface area contributed by atoms with Crippen molar-refractivity contribution >= 4 is 5.91 Å². The van der Waals surface area contributed by atoms with Crippen LogP contribution in [-0.4, -0.2) is 19.1 Å². The fraction of sp³-hybridized carbons (Fsp3) is 0.375. The maximum atomic E-state index is 10.6. The number of hydrogen-bond donors (Lipinski definition) is 1. The van der Waals surface area contributed by atoms with Crippen LogP contribution >= 0.6 is 0 Å². The van der Waals surface area contributed by atoms with Gasteiger partial charge in [-0.25, -0.2) is 0 Å². The van der Waals surface area contributed by atoms with Crippen LogP contribution in [0.1, 0.15) is 6.42 Å². The largest absolute Gasteiger partial charge is 0.377 e. The second-order valence-electron chi connectivity index (χ2n) is 2.39. The predicted octanol–water partition coefficient (Wildman–Crippen LogP) is 0.373. The molecule has 0 bridgehead atoms. The van der Waals surface area contributed by atoms with E-state index >= 15 is 0 Å². The zero-order chi connectivity index (χ0) is 8.27. The molecule has 1 amide bonds. The van der Waals surface area contributed by atoms with Gasteiger partial charge in [-0.1, -0.05) is 18.2 Å². The molecule has 0 saturated heterocycles. The van der Waals surface area contributed by atoms with Crippen molar-refractivity contribution < 1.29 is 9.53 Å². The summed E-state index contributed by atoms with van der Waals surface area (Å²) >= 11 is 0. The molecule has 0 spiro atoms. The highest BCUT2D eigenvalue weighted by Gasteiger charge is 2.09. The number of carbonyl (C=O) groups excluding carboxylic acids is 1. The first-order chi connectivity index (χ1) is 5.24. The van der Waals surface area contributed by atoms with Gasteiger partial charge in [-0.3, -0.25) is 4.79 Å². The smallest absolute Gasteiger partial charge is 0.248 e. The molecule has 0 aliphatic heterocycles. The van der Waals surface area contributed by atoms with Gasteiger partial charge in [-0.05, 0) is 6.42 Å². The van der Waals surface area contributed by atoms with Crippen LogP contribution in [0.25, 0.3) is 0 Å². The molecule has 1 unspecified atom stereocenters. The predicted molar refractivity (Wildman–Crippen MR) is 41.8 cm³/mol. The van der Waals surface area contributed by atoms with E-state index in [1.807, 2.05) is 6.08 Å². The van der Waals surface area contributed by atoms with Crippen LogP contribution in [-0.2, 0) is 9.53 Å². The monoisotopic (exact) mass is 153 g/mol. The molecule has 3 heteroatoms. The molecule has 0 aromatic carbocycles. The molecule has 0 fully saturated rings. The lowest BCUT2D eigenvalue weighted by atomic mass is 10.0. The van der Waals surface area contributed by atoms with E-state index in [0.717, 1.165) is 6.42 Å². The van der Waals surface area contributed by atoms with Crippen molar-refractivity contribution in [1.82, 2.24) is 0 Å². The van der Waals surface area contributed by atoms with Crippen LogP contribution in [0.5, 0.6) is 0 Å². The van der Waals surface area contributed by atoms with Gasteiger partial charge >= 0.3 is 0 Å². The normalized spacial score (nSPS) is 23.0. The van der Waals surface area contributed by atoms with Gasteiger partial charge in [0.2, 0.25) is 5.91 Å². The van der Waals surface area contributed by atoms with Gasteiger partial charge in [0.25, 0.3) is 0 Å². The summed E-state index contributed by atoms with van der Waals surface area (Å²) in [4.78, 5) is 10.6. The van der Waals surface area contributed by atoms with Crippen molar-refractivity contribution in [3.63, 3.8) is 0 Å². The highest BCUT2D eigenvalue weighted by atomic mass is 16.5. The van der Waals surface area contributed by atoms with E-state index < -0.39 is 0 Å². The number of primary amides is 1. The fourth-order valence-corrected chi connectivity index (χ4v) is 0.958. The van der Waals surface area contributed by atoms with Crippen LogP contribution in [0.2, 0.25) is 0 Å². The van der Waals surface area contributed by atoms with Crippen molar-refractivity contribution in [1.29, 1.82) is 0 Å². The summed E-state index contributed by atoms with van der Waals surface area (Å²) in [6.07, 6.45) is 6.14. The van der Waals surface area contributed by atoms with Gasteiger partial charge in [0.15, 0.2) is 0 Å². The number of methoxy groups -OCH3 is 1. The van der Waals surface area contributed by atoms with Gasteiger partial charge in [-0.15, -0.1) is 0 Å². The maximum absolute atomic E-state index is 10.6. The first-order valence-electron chi connectivity index (χ1n) is 3.45. The molecule has 1 rings (SSSR count). The maximum Gasteiger partial charge on any atom is 0.248 e. The van der Waals surface area contributed by atoms with E-state index in [1.165, 1.54) is 0 Å². The van der Waals surface area contributed by atoms with E-state index in [1.54, 1.807) is 19.3 Å². The van der Waals surface area contributed by atoms with Crippen molar-refractivity contribution in [2.75, 3.05) is 7.11 Å². The van der Waals surface area contributed by atoms with Gasteiger partial charge in [-0.2, -0.15) is 0 Å². The molecule has 60 valence electrons. The SMILES string of the molecule is COC1C=CC(C(N)=O)=CC1. The summed E-state index contributed by atoms with van der Waals surface area (Å²) in [5.74, 6) is -0.379. The fourth-order valence-electron chi connectivity index (χ4n) is 0.958. The van der Waals surface area contributed by atoms with Gasteiger partial charge in [0.05, 0.1) is 6.10 Å². The Hall–Kier alpha value is -1.09. The molecule has 0 radical (unpaired) electrons. The number of ether oxygens (including phenoxy) is 1. The summed E-state index contributed by atoms with van der Waals surface area (Å²) in [6, 6.07) is 0. The molecule has 0 heterocycles. The first kappa shape index (κ1) is 8.01. The lowest BCUT2D eigenvalue weighted by Crippen LogP contribution is -2.17. The van der Waals surface area contributed by atoms with Crippen molar-refractivity contribution in [2.24, 2.45) is 5.73 Å². The number of amides is 1. The lowest BCUT2D eigenvalue weighted by Gasteiger charge is -2.12.